The van der Waals surface area contributed by atoms with Crippen LogP contribution in [0.25, 0.3) is 17.0 Å². The largest absolute Gasteiger partial charge is 0.337 e. The van der Waals surface area contributed by atoms with Crippen molar-refractivity contribution in [3.8, 4) is 0 Å². The van der Waals surface area contributed by atoms with Crippen LogP contribution in [0.1, 0.15) is 22.3 Å². The van der Waals surface area contributed by atoms with E-state index in [4.69, 9.17) is 12.2 Å². The lowest BCUT2D eigenvalue weighted by molar-refractivity contribution is -0.122. The van der Waals surface area contributed by atoms with Gasteiger partial charge in [0.25, 0.3) is 11.8 Å². The number of nitrogens with one attached hydrogen (secondary N) is 2. The SMILES string of the molecule is Cc1cccc(NC(=O)Cn2cc(/C=C3\C(=O)NC(=S)N(c4ccc(C)cc4C)C3=O)c3ccccc32)c1. The number of aryl methyl sites for hydroxylation is 3. The summed E-state index contributed by atoms with van der Waals surface area (Å²) >= 11 is 5.36. The van der Waals surface area contributed by atoms with Gasteiger partial charge in [-0.1, -0.05) is 48.0 Å². The molecule has 0 spiro atoms. The highest BCUT2D eigenvalue weighted by Gasteiger charge is 2.35. The molecule has 190 valence electrons. The number of carbonyl (C=O) groups is 3. The average molecular weight is 523 g/mol. The summed E-state index contributed by atoms with van der Waals surface area (Å²) in [4.78, 5) is 40.7. The fourth-order valence-corrected chi connectivity index (χ4v) is 4.96. The third-order valence-corrected chi connectivity index (χ3v) is 6.71. The molecule has 1 aliphatic rings. The minimum absolute atomic E-state index is 0.0364. The summed E-state index contributed by atoms with van der Waals surface area (Å²) in [6.45, 7) is 5.90. The van der Waals surface area contributed by atoms with E-state index < -0.39 is 11.8 Å². The molecule has 0 bridgehead atoms. The van der Waals surface area contributed by atoms with E-state index >= 15 is 0 Å². The van der Waals surface area contributed by atoms with Gasteiger partial charge in [0, 0.05) is 28.4 Å². The van der Waals surface area contributed by atoms with Crippen molar-refractivity contribution in [1.82, 2.24) is 9.88 Å². The van der Waals surface area contributed by atoms with Crippen LogP contribution in [-0.2, 0) is 20.9 Å². The molecule has 0 saturated carbocycles. The van der Waals surface area contributed by atoms with Crippen molar-refractivity contribution in [3.05, 3.63) is 101 Å². The highest BCUT2D eigenvalue weighted by Crippen LogP contribution is 2.28. The minimum atomic E-state index is -0.560. The second-order valence-electron chi connectivity index (χ2n) is 9.39. The first-order valence-electron chi connectivity index (χ1n) is 12.1. The first-order valence-corrected chi connectivity index (χ1v) is 12.5. The van der Waals surface area contributed by atoms with Gasteiger partial charge in [-0.05, 0) is 74.5 Å². The monoisotopic (exact) mass is 522 g/mol. The zero-order valence-electron chi connectivity index (χ0n) is 21.2. The molecule has 3 amide bonds. The molecular weight excluding hydrogens is 496 g/mol. The molecule has 8 heteroatoms. The Morgan fingerprint density at radius 3 is 2.50 bits per heavy atom. The number of fused-ring (bicyclic) bond motifs is 1. The van der Waals surface area contributed by atoms with E-state index in [1.165, 1.54) is 4.90 Å². The Balaban J connectivity index is 1.49. The molecule has 2 N–H and O–H groups in total. The molecule has 7 nitrogen and oxygen atoms in total. The number of nitrogens with zero attached hydrogens (tertiary/aromatic N) is 2. The highest BCUT2D eigenvalue weighted by atomic mass is 32.1. The van der Waals surface area contributed by atoms with Gasteiger partial charge in [-0.25, -0.2) is 0 Å². The van der Waals surface area contributed by atoms with Crippen LogP contribution in [0.15, 0.2) is 78.5 Å². The molecule has 0 atom stereocenters. The molecule has 38 heavy (non-hydrogen) atoms. The van der Waals surface area contributed by atoms with Crippen LogP contribution in [0.2, 0.25) is 0 Å². The van der Waals surface area contributed by atoms with E-state index in [0.29, 0.717) is 11.3 Å². The van der Waals surface area contributed by atoms with E-state index in [2.05, 4.69) is 10.6 Å². The predicted molar refractivity (Wildman–Crippen MR) is 154 cm³/mol. The Hall–Kier alpha value is -4.56. The van der Waals surface area contributed by atoms with Gasteiger partial charge in [0.05, 0.1) is 5.69 Å². The minimum Gasteiger partial charge on any atom is -0.337 e. The molecule has 0 radical (unpaired) electrons. The maximum atomic E-state index is 13.6. The van der Waals surface area contributed by atoms with Crippen LogP contribution in [0.4, 0.5) is 11.4 Å². The van der Waals surface area contributed by atoms with Crippen LogP contribution in [0.5, 0.6) is 0 Å². The lowest BCUT2D eigenvalue weighted by atomic mass is 10.0. The number of anilines is 2. The van der Waals surface area contributed by atoms with Gasteiger partial charge in [-0.3, -0.25) is 24.6 Å². The molecule has 4 aromatic rings. The fourth-order valence-electron chi connectivity index (χ4n) is 4.69. The van der Waals surface area contributed by atoms with Crippen LogP contribution < -0.4 is 15.5 Å². The van der Waals surface area contributed by atoms with Gasteiger partial charge >= 0.3 is 0 Å². The molecule has 0 aliphatic carbocycles. The molecule has 1 saturated heterocycles. The molecule has 1 fully saturated rings. The molecule has 0 unspecified atom stereocenters. The standard InChI is InChI=1S/C30H26N4O3S/c1-18-7-6-8-22(14-18)31-27(35)17-33-16-21(23-9-4-5-10-26(23)33)15-24-28(36)32-30(38)34(29(24)37)25-12-11-19(2)13-20(25)3/h4-16H,17H2,1-3H3,(H,31,35)(H,32,36,38)/b24-15+. The van der Waals surface area contributed by atoms with E-state index in [0.717, 1.165) is 33.3 Å². The van der Waals surface area contributed by atoms with E-state index in [1.54, 1.807) is 12.3 Å². The summed E-state index contributed by atoms with van der Waals surface area (Å²) in [7, 11) is 0. The Morgan fingerprint density at radius 2 is 1.74 bits per heavy atom. The fraction of sp³-hybridized carbons (Fsp3) is 0.133. The number of thiocarbonyl (C=S) groups is 1. The Labute approximate surface area is 225 Å². The number of benzene rings is 3. The number of hydrogen-bond acceptors (Lipinski definition) is 4. The highest BCUT2D eigenvalue weighted by molar-refractivity contribution is 7.80. The van der Waals surface area contributed by atoms with Crippen molar-refractivity contribution in [2.24, 2.45) is 0 Å². The Kier molecular flexibility index (Phi) is 6.65. The summed E-state index contributed by atoms with van der Waals surface area (Å²) in [5, 5.41) is 6.43. The first kappa shape index (κ1) is 25.1. The first-order chi connectivity index (χ1) is 18.2. The summed E-state index contributed by atoms with van der Waals surface area (Å²) in [6, 6.07) is 20.8. The lowest BCUT2D eigenvalue weighted by Gasteiger charge is -2.30. The average Bonchev–Trinajstić information content (AvgIpc) is 3.20. The molecular formula is C30H26N4O3S. The number of amides is 3. The molecule has 1 aliphatic heterocycles. The van der Waals surface area contributed by atoms with Gasteiger partial charge in [0.1, 0.15) is 12.1 Å². The summed E-state index contributed by atoms with van der Waals surface area (Å²) in [5.74, 6) is -1.25. The molecule has 2 heterocycles. The van der Waals surface area contributed by atoms with Crippen LogP contribution in [0, 0.1) is 20.8 Å². The van der Waals surface area contributed by atoms with Crippen molar-refractivity contribution >= 4 is 63.4 Å². The molecule has 5 rings (SSSR count). The van der Waals surface area contributed by atoms with Crippen molar-refractivity contribution in [2.45, 2.75) is 27.3 Å². The Morgan fingerprint density at radius 1 is 0.974 bits per heavy atom. The molecule has 1 aromatic heterocycles. The zero-order chi connectivity index (χ0) is 27.0. The number of rotatable bonds is 5. The normalized spacial score (nSPS) is 14.8. The van der Waals surface area contributed by atoms with Crippen molar-refractivity contribution in [2.75, 3.05) is 10.2 Å². The Bertz CT molecular complexity index is 1670. The van der Waals surface area contributed by atoms with E-state index in [-0.39, 0.29) is 23.1 Å². The summed E-state index contributed by atoms with van der Waals surface area (Å²) in [6.07, 6.45) is 3.34. The number of para-hydroxylation sites is 1. The third-order valence-electron chi connectivity index (χ3n) is 6.43. The van der Waals surface area contributed by atoms with Gasteiger partial charge in [0.2, 0.25) is 5.91 Å². The van der Waals surface area contributed by atoms with Gasteiger partial charge < -0.3 is 9.88 Å². The predicted octanol–water partition coefficient (Wildman–Crippen LogP) is 5.04. The maximum Gasteiger partial charge on any atom is 0.270 e. The second kappa shape index (κ2) is 10.1. The number of carbonyl (C=O) groups excluding carboxylic acids is 3. The van der Waals surface area contributed by atoms with Gasteiger partial charge in [0.15, 0.2) is 5.11 Å². The second-order valence-corrected chi connectivity index (χ2v) is 9.78. The van der Waals surface area contributed by atoms with Crippen LogP contribution in [0.3, 0.4) is 0 Å². The summed E-state index contributed by atoms with van der Waals surface area (Å²) in [5.41, 5.74) is 5.74. The third kappa shape index (κ3) is 4.86. The topological polar surface area (TPSA) is 83.4 Å². The van der Waals surface area contributed by atoms with Crippen molar-refractivity contribution in [1.29, 1.82) is 0 Å². The number of hydrogen-bond donors (Lipinski definition) is 2. The number of aromatic nitrogens is 1. The van der Waals surface area contributed by atoms with Crippen LogP contribution >= 0.6 is 12.2 Å². The van der Waals surface area contributed by atoms with Crippen molar-refractivity contribution in [3.63, 3.8) is 0 Å². The van der Waals surface area contributed by atoms with Crippen molar-refractivity contribution < 1.29 is 14.4 Å². The van der Waals surface area contributed by atoms with E-state index in [9.17, 15) is 14.4 Å². The van der Waals surface area contributed by atoms with Gasteiger partial charge in [-0.15, -0.1) is 0 Å². The molecule has 3 aromatic carbocycles. The van der Waals surface area contributed by atoms with E-state index in [1.807, 2.05) is 92.1 Å². The zero-order valence-corrected chi connectivity index (χ0v) is 22.1. The smallest absolute Gasteiger partial charge is 0.270 e. The lowest BCUT2D eigenvalue weighted by Crippen LogP contribution is -2.54. The summed E-state index contributed by atoms with van der Waals surface area (Å²) < 4.78 is 1.81. The van der Waals surface area contributed by atoms with Gasteiger partial charge in [-0.2, -0.15) is 0 Å². The van der Waals surface area contributed by atoms with Crippen LogP contribution in [-0.4, -0.2) is 27.4 Å². The quantitative estimate of drug-likeness (QED) is 0.219. The maximum absolute atomic E-state index is 13.6.